The molecule has 1 aliphatic rings. The molecule has 5 nitrogen and oxygen atoms in total. The van der Waals surface area contributed by atoms with Crippen LogP contribution in [-0.4, -0.2) is 16.8 Å². The van der Waals surface area contributed by atoms with E-state index < -0.39 is 5.91 Å². The Balaban J connectivity index is 1.96. The zero-order valence-corrected chi connectivity index (χ0v) is 11.4. The van der Waals surface area contributed by atoms with Crippen molar-refractivity contribution in [1.82, 2.24) is 4.37 Å². The predicted octanol–water partition coefficient (Wildman–Crippen LogP) is 2.06. The van der Waals surface area contributed by atoms with Gasteiger partial charge in [-0.25, -0.2) is 0 Å². The van der Waals surface area contributed by atoms with Gasteiger partial charge in [-0.15, -0.1) is 0 Å². The molecule has 0 aromatic carbocycles. The van der Waals surface area contributed by atoms with Gasteiger partial charge in [0.25, 0.3) is 5.91 Å². The highest BCUT2D eigenvalue weighted by Gasteiger charge is 2.21. The van der Waals surface area contributed by atoms with Gasteiger partial charge in [0.1, 0.15) is 10.6 Å². The van der Waals surface area contributed by atoms with E-state index in [9.17, 15) is 4.79 Å². The fourth-order valence-electron chi connectivity index (χ4n) is 2.64. The molecule has 1 heterocycles. The van der Waals surface area contributed by atoms with Crippen LogP contribution >= 0.6 is 11.5 Å². The number of anilines is 2. The second-order valence-electron chi connectivity index (χ2n) is 5.15. The third-order valence-electron chi connectivity index (χ3n) is 3.56. The maximum Gasteiger partial charge on any atom is 0.255 e. The van der Waals surface area contributed by atoms with E-state index in [-0.39, 0.29) is 5.82 Å². The second kappa shape index (κ2) is 5.56. The fraction of sp³-hybridized carbons (Fsp3) is 0.667. The van der Waals surface area contributed by atoms with Crippen LogP contribution in [0, 0.1) is 11.8 Å². The minimum atomic E-state index is -0.513. The van der Waals surface area contributed by atoms with Crippen molar-refractivity contribution in [3.8, 4) is 0 Å². The predicted molar refractivity (Wildman–Crippen MR) is 74.7 cm³/mol. The quantitative estimate of drug-likeness (QED) is 0.779. The molecule has 0 radical (unpaired) electrons. The van der Waals surface area contributed by atoms with E-state index in [0.717, 1.165) is 12.5 Å². The molecule has 100 valence electrons. The zero-order chi connectivity index (χ0) is 13.1. The summed E-state index contributed by atoms with van der Waals surface area (Å²) in [5, 5.41) is 3.99. The number of hydrogen-bond acceptors (Lipinski definition) is 5. The van der Waals surface area contributed by atoms with E-state index in [1.807, 2.05) is 0 Å². The monoisotopic (exact) mass is 268 g/mol. The highest BCUT2D eigenvalue weighted by Crippen LogP contribution is 2.31. The van der Waals surface area contributed by atoms with Gasteiger partial charge < -0.3 is 16.8 Å². The molecule has 18 heavy (non-hydrogen) atoms. The Morgan fingerprint density at radius 2 is 2.33 bits per heavy atom. The Bertz CT molecular complexity index is 432. The van der Waals surface area contributed by atoms with E-state index >= 15 is 0 Å². The SMILES string of the molecule is CC1CCCC(CNc2snc(N)c2C(N)=O)C1. The average Bonchev–Trinajstić information content (AvgIpc) is 2.68. The molecule has 1 amide bonds. The lowest BCUT2D eigenvalue weighted by Gasteiger charge is -2.26. The molecule has 1 aromatic heterocycles. The van der Waals surface area contributed by atoms with Crippen LogP contribution < -0.4 is 16.8 Å². The summed E-state index contributed by atoms with van der Waals surface area (Å²) in [6, 6.07) is 0. The molecule has 1 saturated carbocycles. The first-order valence-corrected chi connectivity index (χ1v) is 7.14. The first kappa shape index (κ1) is 13.1. The molecule has 2 rings (SSSR count). The Morgan fingerprint density at radius 1 is 1.56 bits per heavy atom. The normalized spacial score (nSPS) is 23.8. The lowest BCUT2D eigenvalue weighted by Crippen LogP contribution is -2.22. The number of nitrogens with two attached hydrogens (primary N) is 2. The third-order valence-corrected chi connectivity index (χ3v) is 4.38. The van der Waals surface area contributed by atoms with Gasteiger partial charge in [0.2, 0.25) is 0 Å². The molecule has 0 aliphatic heterocycles. The molecule has 1 fully saturated rings. The van der Waals surface area contributed by atoms with Gasteiger partial charge in [-0.1, -0.05) is 19.8 Å². The maximum absolute atomic E-state index is 11.3. The number of nitrogens with one attached hydrogen (secondary N) is 1. The Morgan fingerprint density at radius 3 is 3.00 bits per heavy atom. The molecule has 6 heteroatoms. The van der Waals surface area contributed by atoms with Crippen molar-refractivity contribution in [2.24, 2.45) is 17.6 Å². The van der Waals surface area contributed by atoms with Gasteiger partial charge in [-0.05, 0) is 36.2 Å². The third kappa shape index (κ3) is 2.93. The van der Waals surface area contributed by atoms with Crippen LogP contribution in [0.4, 0.5) is 10.8 Å². The number of nitrogens with zero attached hydrogens (tertiary/aromatic N) is 1. The molecular weight excluding hydrogens is 248 g/mol. The minimum Gasteiger partial charge on any atom is -0.382 e. The van der Waals surface area contributed by atoms with Gasteiger partial charge in [0.15, 0.2) is 5.82 Å². The van der Waals surface area contributed by atoms with Crippen molar-refractivity contribution in [3.05, 3.63) is 5.56 Å². The van der Waals surface area contributed by atoms with E-state index in [2.05, 4.69) is 16.6 Å². The summed E-state index contributed by atoms with van der Waals surface area (Å²) in [5.41, 5.74) is 11.3. The standard InChI is InChI=1S/C12H20N4OS/c1-7-3-2-4-8(5-7)6-15-12-9(11(14)17)10(13)16-18-12/h7-8,15H,2-6H2,1H3,(H2,13,16)(H2,14,17). The second-order valence-corrected chi connectivity index (χ2v) is 5.93. The molecule has 2 atom stereocenters. The topological polar surface area (TPSA) is 94.0 Å². The smallest absolute Gasteiger partial charge is 0.255 e. The average molecular weight is 268 g/mol. The van der Waals surface area contributed by atoms with Crippen LogP contribution in [0.15, 0.2) is 0 Å². The molecule has 1 aromatic rings. The molecule has 0 bridgehead atoms. The van der Waals surface area contributed by atoms with E-state index in [4.69, 9.17) is 11.5 Å². The number of nitrogen functional groups attached to an aromatic ring is 1. The van der Waals surface area contributed by atoms with Crippen LogP contribution in [0.25, 0.3) is 0 Å². The van der Waals surface area contributed by atoms with E-state index in [1.165, 1.54) is 37.2 Å². The van der Waals surface area contributed by atoms with Crippen LogP contribution in [0.3, 0.4) is 0 Å². The van der Waals surface area contributed by atoms with Crippen molar-refractivity contribution < 1.29 is 4.79 Å². The van der Waals surface area contributed by atoms with Crippen molar-refractivity contribution in [3.63, 3.8) is 0 Å². The number of aromatic nitrogens is 1. The van der Waals surface area contributed by atoms with Crippen LogP contribution in [0.1, 0.15) is 43.0 Å². The van der Waals surface area contributed by atoms with Crippen molar-refractivity contribution in [1.29, 1.82) is 0 Å². The number of carbonyl (C=O) groups excluding carboxylic acids is 1. The van der Waals surface area contributed by atoms with Crippen molar-refractivity contribution in [2.75, 3.05) is 17.6 Å². The Hall–Kier alpha value is -1.30. The first-order chi connectivity index (χ1) is 8.58. The molecule has 2 unspecified atom stereocenters. The first-order valence-electron chi connectivity index (χ1n) is 6.36. The number of carbonyl (C=O) groups is 1. The number of hydrogen-bond donors (Lipinski definition) is 3. The maximum atomic E-state index is 11.3. The zero-order valence-electron chi connectivity index (χ0n) is 10.6. The summed E-state index contributed by atoms with van der Waals surface area (Å²) in [7, 11) is 0. The fourth-order valence-corrected chi connectivity index (χ4v) is 3.37. The van der Waals surface area contributed by atoms with Crippen molar-refractivity contribution in [2.45, 2.75) is 32.6 Å². The summed E-state index contributed by atoms with van der Waals surface area (Å²) < 4.78 is 3.97. The molecule has 0 saturated heterocycles. The highest BCUT2D eigenvalue weighted by atomic mass is 32.1. The van der Waals surface area contributed by atoms with Gasteiger partial charge >= 0.3 is 0 Å². The minimum absolute atomic E-state index is 0.229. The highest BCUT2D eigenvalue weighted by molar-refractivity contribution is 7.11. The largest absolute Gasteiger partial charge is 0.382 e. The summed E-state index contributed by atoms with van der Waals surface area (Å²) in [4.78, 5) is 11.3. The van der Waals surface area contributed by atoms with Gasteiger partial charge in [-0.3, -0.25) is 4.79 Å². The van der Waals surface area contributed by atoms with Gasteiger partial charge in [-0.2, -0.15) is 4.37 Å². The summed E-state index contributed by atoms with van der Waals surface area (Å²) in [5.74, 6) is 1.18. The molecule has 5 N–H and O–H groups in total. The number of rotatable bonds is 4. The summed E-state index contributed by atoms with van der Waals surface area (Å²) in [6.07, 6.45) is 5.11. The van der Waals surface area contributed by atoms with Crippen LogP contribution in [0.2, 0.25) is 0 Å². The van der Waals surface area contributed by atoms with Crippen LogP contribution in [-0.2, 0) is 0 Å². The Kier molecular flexibility index (Phi) is 4.06. The van der Waals surface area contributed by atoms with Crippen molar-refractivity contribution >= 4 is 28.3 Å². The summed E-state index contributed by atoms with van der Waals surface area (Å²) >= 11 is 1.21. The number of amides is 1. The Labute approximate surface area is 111 Å². The lowest BCUT2D eigenvalue weighted by molar-refractivity contribution is 0.100. The summed E-state index contributed by atoms with van der Waals surface area (Å²) in [6.45, 7) is 3.16. The molecular formula is C12H20N4OS. The molecule has 1 aliphatic carbocycles. The lowest BCUT2D eigenvalue weighted by atomic mass is 9.82. The van der Waals surface area contributed by atoms with Gasteiger partial charge in [0.05, 0.1) is 0 Å². The van der Waals surface area contributed by atoms with E-state index in [1.54, 1.807) is 0 Å². The van der Waals surface area contributed by atoms with Gasteiger partial charge in [0, 0.05) is 6.54 Å². The van der Waals surface area contributed by atoms with E-state index in [0.29, 0.717) is 16.5 Å². The molecule has 0 spiro atoms. The number of primary amides is 1. The van der Waals surface area contributed by atoms with Crippen LogP contribution in [0.5, 0.6) is 0 Å².